The molecule has 11 N–H and O–H groups in total. The third kappa shape index (κ3) is 16.9. The zero-order chi connectivity index (χ0) is 47.6. The van der Waals surface area contributed by atoms with E-state index in [4.69, 9.17) is 16.2 Å². The molecule has 0 spiro atoms. The molecule has 0 aliphatic carbocycles. The molecule has 1 aliphatic heterocycles. The molecule has 63 heavy (non-hydrogen) atoms. The van der Waals surface area contributed by atoms with Crippen LogP contribution in [-0.4, -0.2) is 119 Å². The zero-order valence-electron chi connectivity index (χ0n) is 36.5. The Kier molecular flexibility index (Phi) is 20.9. The van der Waals surface area contributed by atoms with Crippen molar-refractivity contribution in [2.24, 2.45) is 34.2 Å². The summed E-state index contributed by atoms with van der Waals surface area (Å²) in [7, 11) is 2.79. The Balaban J connectivity index is 2.65. The number of allylic oxidation sites excluding steroid dienone is 2. The molecule has 1 aliphatic rings. The zero-order valence-corrected chi connectivity index (χ0v) is 36.5. The number of rotatable bonds is 13. The maximum absolute atomic E-state index is 14.1. The summed E-state index contributed by atoms with van der Waals surface area (Å²) in [6, 6.07) is 3.76. The number of carboxylic acids is 2. The molecule has 1 heterocycles. The van der Waals surface area contributed by atoms with Crippen LogP contribution < -0.4 is 38.1 Å². The van der Waals surface area contributed by atoms with Crippen molar-refractivity contribution in [1.29, 1.82) is 0 Å². The molecule has 20 heteroatoms. The smallest absolute Gasteiger partial charge is 0.327 e. The Morgan fingerprint density at radius 1 is 0.937 bits per heavy atom. The van der Waals surface area contributed by atoms with Crippen molar-refractivity contribution in [3.8, 4) is 0 Å². The predicted molar refractivity (Wildman–Crippen MR) is 233 cm³/mol. The van der Waals surface area contributed by atoms with E-state index in [-0.39, 0.29) is 37.4 Å². The fourth-order valence-corrected chi connectivity index (χ4v) is 6.35. The lowest BCUT2D eigenvalue weighted by atomic mass is 9.94. The average Bonchev–Trinajstić information content (AvgIpc) is 3.23. The van der Waals surface area contributed by atoms with Crippen molar-refractivity contribution < 1.29 is 53.3 Å². The van der Waals surface area contributed by atoms with Crippen LogP contribution in [-0.2, 0) is 49.5 Å². The quantitative estimate of drug-likeness (QED) is 0.0422. The first-order chi connectivity index (χ1) is 29.6. The first-order valence-electron chi connectivity index (χ1n) is 20.2. The molecule has 8 atom stereocenters. The number of carbonyl (C=O) groups is 8. The second-order valence-corrected chi connectivity index (χ2v) is 15.3. The van der Waals surface area contributed by atoms with E-state index in [1.54, 1.807) is 20.1 Å². The maximum Gasteiger partial charge on any atom is 0.327 e. The lowest BCUT2D eigenvalue weighted by Crippen LogP contribution is -2.56. The number of guanidine groups is 1. The standard InChI is InChI=1S/C43H61N9O11/c1-23(21-24(2)33(63-8)22-29-13-10-9-11-14-29)16-17-30-25(3)36(54)50-32(41(59)60)18-19-34(53)52(7)28(6)39(57)47-27(5)38(56)51-35(42(61)62)26(4)37(55)49-31(40(58)48-30)15-12-20-46-43(44)45/h9-11,13-14,16-17,21,24-26,30-33,35H,5-6,12,15,18-20,22H2,1-4,7-8H3,(H,47,57)(H,48,58)(H,49,55)(H,50,54)(H,51,56)(H,59,60)(H,61,62)(H4,44,45,46)/b17-16+,23-21+/t24-,25?,26?,30?,31-,32+,33-,35+/m0/s1. The van der Waals surface area contributed by atoms with Gasteiger partial charge >= 0.3 is 11.9 Å². The normalized spacial score (nSPS) is 24.1. The SMILES string of the molecule is C=C1NC(=O)C(=C)N(C)C(=O)CC[C@H](C(=O)O)NC(=O)C(C)C(/C=C/C(C)=C/[C@H](C)[C@H](Cc2ccccc2)OC)NC(=O)[C@H](CCCN=C(N)N)NC(=O)C(C)[C@H](C(=O)O)NC1=O. The van der Waals surface area contributed by atoms with Crippen LogP contribution >= 0.6 is 0 Å². The highest BCUT2D eigenvalue weighted by molar-refractivity contribution is 6.04. The monoisotopic (exact) mass is 879 g/mol. The molecule has 0 radical (unpaired) electrons. The molecule has 1 aromatic rings. The number of methoxy groups -OCH3 is 1. The Hall–Kier alpha value is -6.83. The van der Waals surface area contributed by atoms with Crippen LogP contribution in [0, 0.1) is 17.8 Å². The van der Waals surface area contributed by atoms with Crippen molar-refractivity contribution in [3.63, 3.8) is 0 Å². The van der Waals surface area contributed by atoms with Crippen molar-refractivity contribution >= 4 is 53.3 Å². The van der Waals surface area contributed by atoms with Gasteiger partial charge in [-0.3, -0.25) is 33.8 Å². The van der Waals surface area contributed by atoms with Gasteiger partial charge < -0.3 is 57.9 Å². The summed E-state index contributed by atoms with van der Waals surface area (Å²) in [5.41, 5.74) is 11.6. The fourth-order valence-electron chi connectivity index (χ4n) is 6.35. The van der Waals surface area contributed by atoms with E-state index in [1.165, 1.54) is 27.0 Å². The molecule has 0 saturated carbocycles. The average molecular weight is 880 g/mol. The van der Waals surface area contributed by atoms with Crippen LogP contribution in [0.1, 0.15) is 58.9 Å². The van der Waals surface area contributed by atoms with Gasteiger partial charge in [0, 0.05) is 33.0 Å². The van der Waals surface area contributed by atoms with Crippen LogP contribution in [0.5, 0.6) is 0 Å². The largest absolute Gasteiger partial charge is 0.480 e. The lowest BCUT2D eigenvalue weighted by molar-refractivity contribution is -0.146. The molecule has 344 valence electrons. The van der Waals surface area contributed by atoms with Gasteiger partial charge in [-0.05, 0) is 38.2 Å². The minimum atomic E-state index is -1.90. The number of aliphatic imine (C=N–C) groups is 1. The number of nitrogens with one attached hydrogen (secondary N) is 5. The van der Waals surface area contributed by atoms with Crippen LogP contribution in [0.2, 0.25) is 0 Å². The second-order valence-electron chi connectivity index (χ2n) is 15.3. The van der Waals surface area contributed by atoms with E-state index in [2.05, 4.69) is 44.7 Å². The van der Waals surface area contributed by atoms with E-state index in [0.29, 0.717) is 6.42 Å². The number of amides is 6. The van der Waals surface area contributed by atoms with Crippen LogP contribution in [0.15, 0.2) is 83.7 Å². The molecule has 6 amide bonds. The molecular formula is C43H61N9O11. The summed E-state index contributed by atoms with van der Waals surface area (Å²) in [5.74, 6) is -11.8. The minimum Gasteiger partial charge on any atom is -0.480 e. The van der Waals surface area contributed by atoms with Gasteiger partial charge in [0.1, 0.15) is 23.8 Å². The van der Waals surface area contributed by atoms with E-state index < -0.39 is 108 Å². The van der Waals surface area contributed by atoms with Crippen molar-refractivity contribution in [2.75, 3.05) is 20.7 Å². The Labute approximate surface area is 366 Å². The van der Waals surface area contributed by atoms with Crippen LogP contribution in [0.4, 0.5) is 0 Å². The third-order valence-electron chi connectivity index (χ3n) is 10.4. The van der Waals surface area contributed by atoms with Gasteiger partial charge in [0.25, 0.3) is 11.8 Å². The lowest BCUT2D eigenvalue weighted by Gasteiger charge is -2.28. The first kappa shape index (κ1) is 52.3. The number of nitrogens with zero attached hydrogens (tertiary/aromatic N) is 2. The Morgan fingerprint density at radius 2 is 1.57 bits per heavy atom. The minimum absolute atomic E-state index is 0.0392. The number of ether oxygens (including phenoxy) is 1. The number of aliphatic carboxylic acids is 2. The molecule has 1 saturated heterocycles. The second kappa shape index (κ2) is 25.2. The van der Waals surface area contributed by atoms with E-state index >= 15 is 0 Å². The molecule has 20 nitrogen and oxygen atoms in total. The molecule has 2 rings (SSSR count). The van der Waals surface area contributed by atoms with Crippen LogP contribution in [0.25, 0.3) is 0 Å². The number of nitrogens with two attached hydrogens (primary N) is 2. The summed E-state index contributed by atoms with van der Waals surface area (Å²) in [4.78, 5) is 110. The number of likely N-dealkylation sites (N-methyl/N-ethyl adjacent to an activating group) is 1. The van der Waals surface area contributed by atoms with Gasteiger partial charge in [0.15, 0.2) is 5.96 Å². The summed E-state index contributed by atoms with van der Waals surface area (Å²) in [6.07, 6.45) is 4.72. The summed E-state index contributed by atoms with van der Waals surface area (Å²) < 4.78 is 5.79. The maximum atomic E-state index is 14.1. The highest BCUT2D eigenvalue weighted by Gasteiger charge is 2.36. The highest BCUT2D eigenvalue weighted by Crippen LogP contribution is 2.18. The van der Waals surface area contributed by atoms with Gasteiger partial charge in [-0.2, -0.15) is 0 Å². The summed E-state index contributed by atoms with van der Waals surface area (Å²) >= 11 is 0. The van der Waals surface area contributed by atoms with Gasteiger partial charge in [-0.25, -0.2) is 9.59 Å². The van der Waals surface area contributed by atoms with Crippen molar-refractivity contribution in [3.05, 3.63) is 84.2 Å². The summed E-state index contributed by atoms with van der Waals surface area (Å²) in [6.45, 7) is 13.4. The Bertz CT molecular complexity index is 1960. The van der Waals surface area contributed by atoms with E-state index in [9.17, 15) is 48.6 Å². The third-order valence-corrected chi connectivity index (χ3v) is 10.4. The number of hydrogen-bond donors (Lipinski definition) is 9. The fraction of sp³-hybridized carbons (Fsp3) is 0.465. The van der Waals surface area contributed by atoms with Gasteiger partial charge in [0.05, 0.1) is 29.7 Å². The topological polar surface area (TPSA) is 314 Å². The molecule has 0 bridgehead atoms. The number of carboxylic acid groups (broad SMARTS) is 2. The van der Waals surface area contributed by atoms with Gasteiger partial charge in [-0.1, -0.05) is 88.1 Å². The number of benzene rings is 1. The van der Waals surface area contributed by atoms with Gasteiger partial charge in [-0.15, -0.1) is 0 Å². The molecule has 1 fully saturated rings. The molecule has 1 aromatic carbocycles. The molecule has 3 unspecified atom stereocenters. The van der Waals surface area contributed by atoms with Crippen LogP contribution in [0.3, 0.4) is 0 Å². The molecule has 0 aromatic heterocycles. The number of hydrogen-bond acceptors (Lipinski definition) is 10. The van der Waals surface area contributed by atoms with E-state index in [1.807, 2.05) is 43.3 Å². The summed E-state index contributed by atoms with van der Waals surface area (Å²) in [5, 5.41) is 32.0. The Morgan fingerprint density at radius 3 is 2.16 bits per heavy atom. The highest BCUT2D eigenvalue weighted by atomic mass is 16.5. The van der Waals surface area contributed by atoms with E-state index in [0.717, 1.165) is 16.0 Å². The van der Waals surface area contributed by atoms with Crippen molar-refractivity contribution in [1.82, 2.24) is 31.5 Å². The number of carbonyl (C=O) groups excluding carboxylic acids is 6. The first-order valence-corrected chi connectivity index (χ1v) is 20.2. The predicted octanol–water partition coefficient (Wildman–Crippen LogP) is 0.213. The van der Waals surface area contributed by atoms with Gasteiger partial charge in [0.2, 0.25) is 23.6 Å². The van der Waals surface area contributed by atoms with Crippen molar-refractivity contribution in [2.45, 2.75) is 90.1 Å². The molecular weight excluding hydrogens is 819 g/mol.